The summed E-state index contributed by atoms with van der Waals surface area (Å²) in [5.74, 6) is -1.83. The molecule has 0 unspecified atom stereocenters. The van der Waals surface area contributed by atoms with E-state index in [4.69, 9.17) is 15.9 Å². The van der Waals surface area contributed by atoms with Gasteiger partial charge in [0, 0.05) is 11.1 Å². The highest BCUT2D eigenvalue weighted by Crippen LogP contribution is 2.28. The highest BCUT2D eigenvalue weighted by atomic mass is 16.4. The normalized spacial score (nSPS) is 10.4. The van der Waals surface area contributed by atoms with Crippen molar-refractivity contribution in [3.05, 3.63) is 24.3 Å². The summed E-state index contributed by atoms with van der Waals surface area (Å²) >= 11 is 0. The molecule has 0 atom stereocenters. The van der Waals surface area contributed by atoms with Crippen LogP contribution in [-0.4, -0.2) is 41.8 Å². The second kappa shape index (κ2) is 12.8. The Labute approximate surface area is 139 Å². The summed E-state index contributed by atoms with van der Waals surface area (Å²) in [5, 5.41) is 20.3. The van der Waals surface area contributed by atoms with Crippen molar-refractivity contribution in [1.29, 1.82) is 0 Å². The number of hydrogen-bond donors (Lipinski definition) is 4. The van der Waals surface area contributed by atoms with Gasteiger partial charge in [0.15, 0.2) is 0 Å². The average molecular weight is 328 g/mol. The van der Waals surface area contributed by atoms with E-state index in [2.05, 4.69) is 25.4 Å². The molecule has 5 N–H and O–H groups in total. The van der Waals surface area contributed by atoms with Crippen LogP contribution in [0.2, 0.25) is 0 Å². The molecule has 0 radical (unpaired) electrons. The van der Waals surface area contributed by atoms with Crippen molar-refractivity contribution < 1.29 is 19.8 Å². The van der Waals surface area contributed by atoms with Crippen molar-refractivity contribution in [2.75, 3.05) is 19.6 Å². The third kappa shape index (κ3) is 12.6. The molecule has 23 heavy (non-hydrogen) atoms. The summed E-state index contributed by atoms with van der Waals surface area (Å²) in [5.41, 5.74) is 5.45. The standard InChI is InChI=1S/C9H17NO2.C8H15NO2/c1-3-6-10-7-4-5-8(2)9(11)12;1-6(7(10)11)8(2,3)4-5-9/h10H,2-7H2,1H3,(H,11,12);1,4-5,9H2,2-3H3,(H,10,11). The van der Waals surface area contributed by atoms with Gasteiger partial charge in [0.1, 0.15) is 0 Å². The Kier molecular flexibility index (Phi) is 13.2. The van der Waals surface area contributed by atoms with E-state index in [1.807, 2.05) is 13.8 Å². The maximum Gasteiger partial charge on any atom is 0.331 e. The lowest BCUT2D eigenvalue weighted by Crippen LogP contribution is -2.23. The summed E-state index contributed by atoms with van der Waals surface area (Å²) in [6.45, 7) is 15.1. The van der Waals surface area contributed by atoms with Gasteiger partial charge in [-0.05, 0) is 50.7 Å². The molecule has 0 aromatic heterocycles. The van der Waals surface area contributed by atoms with E-state index >= 15 is 0 Å². The van der Waals surface area contributed by atoms with Crippen LogP contribution in [-0.2, 0) is 9.59 Å². The van der Waals surface area contributed by atoms with E-state index < -0.39 is 11.9 Å². The maximum absolute atomic E-state index is 10.5. The van der Waals surface area contributed by atoms with Crippen LogP contribution in [0.25, 0.3) is 0 Å². The van der Waals surface area contributed by atoms with Gasteiger partial charge in [-0.1, -0.05) is 33.9 Å². The second-order valence-electron chi connectivity index (χ2n) is 5.97. The Morgan fingerprint density at radius 3 is 2.09 bits per heavy atom. The fraction of sp³-hybridized carbons (Fsp3) is 0.647. The molecule has 134 valence electrons. The number of rotatable bonds is 11. The van der Waals surface area contributed by atoms with E-state index in [-0.39, 0.29) is 11.0 Å². The predicted octanol–water partition coefficient (Wildman–Crippen LogP) is 2.41. The summed E-state index contributed by atoms with van der Waals surface area (Å²) in [6.07, 6.45) is 3.19. The number of carboxylic acids is 2. The van der Waals surface area contributed by atoms with Crippen LogP contribution in [0.4, 0.5) is 0 Å². The molecule has 0 fully saturated rings. The molecular weight excluding hydrogens is 296 g/mol. The first-order chi connectivity index (χ1) is 10.6. The lowest BCUT2D eigenvalue weighted by atomic mass is 9.82. The molecule has 0 bridgehead atoms. The first-order valence-corrected chi connectivity index (χ1v) is 7.84. The van der Waals surface area contributed by atoms with E-state index in [1.54, 1.807) is 0 Å². The lowest BCUT2D eigenvalue weighted by molar-refractivity contribution is -0.134. The molecule has 0 saturated carbocycles. The smallest absolute Gasteiger partial charge is 0.331 e. The third-order valence-corrected chi connectivity index (χ3v) is 3.41. The molecule has 0 rings (SSSR count). The lowest BCUT2D eigenvalue weighted by Gasteiger charge is -2.23. The van der Waals surface area contributed by atoms with Crippen LogP contribution >= 0.6 is 0 Å². The Balaban J connectivity index is 0. The van der Waals surface area contributed by atoms with Gasteiger partial charge in [0.05, 0.1) is 0 Å². The van der Waals surface area contributed by atoms with Gasteiger partial charge >= 0.3 is 11.9 Å². The molecule has 0 aliphatic rings. The van der Waals surface area contributed by atoms with Crippen LogP contribution in [0.3, 0.4) is 0 Å². The molecule has 6 nitrogen and oxygen atoms in total. The van der Waals surface area contributed by atoms with E-state index in [1.165, 1.54) is 0 Å². The predicted molar refractivity (Wildman–Crippen MR) is 93.4 cm³/mol. The molecule has 0 aromatic rings. The highest BCUT2D eigenvalue weighted by Gasteiger charge is 2.25. The first kappa shape index (κ1) is 23.6. The van der Waals surface area contributed by atoms with Crippen molar-refractivity contribution in [3.8, 4) is 0 Å². The highest BCUT2D eigenvalue weighted by molar-refractivity contribution is 5.87. The molecule has 0 heterocycles. The molecule has 0 saturated heterocycles. The maximum atomic E-state index is 10.5. The summed E-state index contributed by atoms with van der Waals surface area (Å²) in [4.78, 5) is 20.8. The number of nitrogens with two attached hydrogens (primary N) is 1. The zero-order valence-electron chi connectivity index (χ0n) is 14.7. The van der Waals surface area contributed by atoms with Gasteiger partial charge in [-0.25, -0.2) is 9.59 Å². The Bertz CT molecular complexity index is 403. The topological polar surface area (TPSA) is 113 Å². The van der Waals surface area contributed by atoms with Crippen LogP contribution in [0.15, 0.2) is 24.3 Å². The molecule has 0 aliphatic carbocycles. The molecule has 0 aliphatic heterocycles. The van der Waals surface area contributed by atoms with Crippen molar-refractivity contribution >= 4 is 11.9 Å². The van der Waals surface area contributed by atoms with E-state index in [0.29, 0.717) is 25.0 Å². The summed E-state index contributed by atoms with van der Waals surface area (Å²) < 4.78 is 0. The van der Waals surface area contributed by atoms with Crippen LogP contribution < -0.4 is 11.1 Å². The monoisotopic (exact) mass is 328 g/mol. The van der Waals surface area contributed by atoms with Gasteiger partial charge < -0.3 is 21.3 Å². The largest absolute Gasteiger partial charge is 0.478 e. The van der Waals surface area contributed by atoms with Crippen molar-refractivity contribution in [2.45, 2.75) is 46.5 Å². The zero-order valence-corrected chi connectivity index (χ0v) is 14.7. The fourth-order valence-corrected chi connectivity index (χ4v) is 1.64. The van der Waals surface area contributed by atoms with E-state index in [0.717, 1.165) is 25.9 Å². The second-order valence-corrected chi connectivity index (χ2v) is 5.97. The molecular formula is C17H32N2O4. The van der Waals surface area contributed by atoms with Gasteiger partial charge in [-0.2, -0.15) is 0 Å². The number of carboxylic acid groups (broad SMARTS) is 2. The van der Waals surface area contributed by atoms with Crippen LogP contribution in [0, 0.1) is 5.41 Å². The van der Waals surface area contributed by atoms with Gasteiger partial charge in [0.2, 0.25) is 0 Å². The number of hydrogen-bond acceptors (Lipinski definition) is 4. The molecule has 0 spiro atoms. The molecule has 0 amide bonds. The fourth-order valence-electron chi connectivity index (χ4n) is 1.64. The molecule has 6 heteroatoms. The Morgan fingerprint density at radius 2 is 1.70 bits per heavy atom. The van der Waals surface area contributed by atoms with Crippen molar-refractivity contribution in [2.24, 2.45) is 11.1 Å². The van der Waals surface area contributed by atoms with Gasteiger partial charge in [-0.3, -0.25) is 0 Å². The number of aliphatic carboxylic acids is 2. The molecule has 0 aromatic carbocycles. The summed E-state index contributed by atoms with van der Waals surface area (Å²) in [6, 6.07) is 0. The quantitative estimate of drug-likeness (QED) is 0.342. The third-order valence-electron chi connectivity index (χ3n) is 3.41. The van der Waals surface area contributed by atoms with Gasteiger partial charge in [0.25, 0.3) is 0 Å². The Morgan fingerprint density at radius 1 is 1.13 bits per heavy atom. The minimum absolute atomic E-state index is 0.225. The zero-order chi connectivity index (χ0) is 18.5. The van der Waals surface area contributed by atoms with Crippen LogP contribution in [0.1, 0.15) is 46.5 Å². The average Bonchev–Trinajstić information content (AvgIpc) is 2.46. The van der Waals surface area contributed by atoms with E-state index in [9.17, 15) is 9.59 Å². The minimum atomic E-state index is -0.941. The minimum Gasteiger partial charge on any atom is -0.478 e. The van der Waals surface area contributed by atoms with Crippen molar-refractivity contribution in [3.63, 3.8) is 0 Å². The van der Waals surface area contributed by atoms with Gasteiger partial charge in [-0.15, -0.1) is 0 Å². The SMILES string of the molecule is C=C(C(=O)O)C(C)(C)CCN.C=C(CCCNCCC)C(=O)O. The number of nitrogens with one attached hydrogen (secondary N) is 1. The Hall–Kier alpha value is -1.66. The first-order valence-electron chi connectivity index (χ1n) is 7.84. The van der Waals surface area contributed by atoms with Crippen LogP contribution in [0.5, 0.6) is 0 Å². The number of carbonyl (C=O) groups is 2. The summed E-state index contributed by atoms with van der Waals surface area (Å²) in [7, 11) is 0. The van der Waals surface area contributed by atoms with Crippen molar-refractivity contribution in [1.82, 2.24) is 5.32 Å².